The topological polar surface area (TPSA) is 121 Å². The molecule has 0 spiro atoms. The van der Waals surface area contributed by atoms with Gasteiger partial charge in [0.2, 0.25) is 10.0 Å². The average Bonchev–Trinajstić information content (AvgIpc) is 2.85. The van der Waals surface area contributed by atoms with Crippen LogP contribution in [0.4, 0.5) is 0 Å². The number of nitrogens with zero attached hydrogens (tertiary/aromatic N) is 2. The summed E-state index contributed by atoms with van der Waals surface area (Å²) in [6.45, 7) is 1.60. The van der Waals surface area contributed by atoms with Crippen molar-refractivity contribution in [3.63, 3.8) is 0 Å². The highest BCUT2D eigenvalue weighted by atomic mass is 35.5. The predicted molar refractivity (Wildman–Crippen MR) is 67.2 cm³/mol. The number of nitrogens with one attached hydrogen (secondary N) is 3. The summed E-state index contributed by atoms with van der Waals surface area (Å²) < 4.78 is 26.5. The van der Waals surface area contributed by atoms with Crippen LogP contribution < -0.4 is 10.3 Å². The maximum Gasteiger partial charge on any atom is 0.266 e. The van der Waals surface area contributed by atoms with Crippen molar-refractivity contribution in [2.45, 2.75) is 17.9 Å². The fourth-order valence-corrected chi connectivity index (χ4v) is 2.81. The minimum absolute atomic E-state index is 0.136. The van der Waals surface area contributed by atoms with Gasteiger partial charge in [-0.05, 0) is 13.0 Å². The van der Waals surface area contributed by atoms with Crippen LogP contribution in [0, 0.1) is 0 Å². The maximum atomic E-state index is 12.0. The quantitative estimate of drug-likeness (QED) is 0.744. The van der Waals surface area contributed by atoms with Crippen LogP contribution in [0.3, 0.4) is 0 Å². The Morgan fingerprint density at radius 3 is 2.79 bits per heavy atom. The van der Waals surface area contributed by atoms with Crippen LogP contribution in [-0.2, 0) is 10.0 Å². The minimum atomic E-state index is -3.82. The van der Waals surface area contributed by atoms with Crippen LogP contribution >= 0.6 is 11.6 Å². The van der Waals surface area contributed by atoms with Crippen LogP contribution in [0.15, 0.2) is 28.3 Å². The first-order chi connectivity index (χ1) is 8.90. The third kappa shape index (κ3) is 3.00. The van der Waals surface area contributed by atoms with Gasteiger partial charge in [-0.1, -0.05) is 11.6 Å². The molecule has 0 saturated heterocycles. The Labute approximate surface area is 113 Å². The largest absolute Gasteiger partial charge is 0.326 e. The van der Waals surface area contributed by atoms with Crippen LogP contribution in [0.1, 0.15) is 18.8 Å². The van der Waals surface area contributed by atoms with Gasteiger partial charge in [-0.15, -0.1) is 0 Å². The van der Waals surface area contributed by atoms with Crippen molar-refractivity contribution in [1.29, 1.82) is 0 Å². The Bertz CT molecular complexity index is 725. The molecule has 0 radical (unpaired) electrons. The summed E-state index contributed by atoms with van der Waals surface area (Å²) in [6.07, 6.45) is 2.35. The smallest absolute Gasteiger partial charge is 0.266 e. The van der Waals surface area contributed by atoms with Crippen molar-refractivity contribution in [3.05, 3.63) is 39.8 Å². The molecular formula is C9H10ClN5O3S. The number of pyridine rings is 1. The van der Waals surface area contributed by atoms with Crippen molar-refractivity contribution in [1.82, 2.24) is 24.9 Å². The second-order valence-corrected chi connectivity index (χ2v) is 5.85. The molecule has 0 saturated carbocycles. The highest BCUT2D eigenvalue weighted by molar-refractivity contribution is 7.89. The summed E-state index contributed by atoms with van der Waals surface area (Å²) in [4.78, 5) is 17.0. The zero-order valence-corrected chi connectivity index (χ0v) is 11.3. The van der Waals surface area contributed by atoms with Gasteiger partial charge in [-0.2, -0.15) is 5.10 Å². The second-order valence-electron chi connectivity index (χ2n) is 3.73. The molecule has 0 aliphatic carbocycles. The zero-order valence-electron chi connectivity index (χ0n) is 9.71. The molecule has 0 fully saturated rings. The van der Waals surface area contributed by atoms with E-state index in [-0.39, 0.29) is 9.92 Å². The third-order valence-corrected chi connectivity index (χ3v) is 4.12. The molecule has 8 nitrogen and oxygen atoms in total. The number of hydrogen-bond donors (Lipinski definition) is 3. The highest BCUT2D eigenvalue weighted by Crippen LogP contribution is 2.14. The van der Waals surface area contributed by atoms with Gasteiger partial charge in [0.15, 0.2) is 0 Å². The van der Waals surface area contributed by atoms with E-state index in [9.17, 15) is 13.2 Å². The number of halogens is 1. The lowest BCUT2D eigenvalue weighted by molar-refractivity contribution is 0.560. The summed E-state index contributed by atoms with van der Waals surface area (Å²) in [5.74, 6) is 0.374. The normalized spacial score (nSPS) is 13.4. The second kappa shape index (κ2) is 5.11. The molecule has 1 atom stereocenters. The predicted octanol–water partition coefficient (Wildman–Crippen LogP) is 0.186. The highest BCUT2D eigenvalue weighted by Gasteiger charge is 2.20. The fraction of sp³-hybridized carbons (Fsp3) is 0.222. The minimum Gasteiger partial charge on any atom is -0.326 e. The molecule has 3 N–H and O–H groups in total. The lowest BCUT2D eigenvalue weighted by atomic mass is 10.3. The van der Waals surface area contributed by atoms with E-state index in [1.807, 2.05) is 0 Å². The van der Waals surface area contributed by atoms with Gasteiger partial charge in [0.25, 0.3) is 5.56 Å². The summed E-state index contributed by atoms with van der Waals surface area (Å²) in [7, 11) is -3.82. The van der Waals surface area contributed by atoms with E-state index in [0.29, 0.717) is 5.82 Å². The first-order valence-electron chi connectivity index (χ1n) is 5.16. The number of aromatic amines is 2. The molecule has 2 heterocycles. The first kappa shape index (κ1) is 13.7. The molecule has 2 aromatic heterocycles. The molecular weight excluding hydrogens is 294 g/mol. The molecule has 102 valence electrons. The van der Waals surface area contributed by atoms with Gasteiger partial charge >= 0.3 is 0 Å². The first-order valence-corrected chi connectivity index (χ1v) is 7.02. The molecule has 2 aromatic rings. The van der Waals surface area contributed by atoms with Crippen LogP contribution in [-0.4, -0.2) is 28.6 Å². The van der Waals surface area contributed by atoms with E-state index >= 15 is 0 Å². The lowest BCUT2D eigenvalue weighted by Crippen LogP contribution is -2.28. The standard InChI is InChI=1S/C9H10ClN5O3S/c1-5(8-12-4-13-14-8)15-19(17,18)6-2-7(10)9(16)11-3-6/h2-5,15H,1H3,(H,11,16)(H,12,13,14). The molecule has 1 unspecified atom stereocenters. The monoisotopic (exact) mass is 303 g/mol. The molecule has 0 aliphatic heterocycles. The average molecular weight is 304 g/mol. The van der Waals surface area contributed by atoms with Gasteiger partial charge in [0, 0.05) is 6.20 Å². The number of aromatic nitrogens is 4. The zero-order chi connectivity index (χ0) is 14.0. The van der Waals surface area contributed by atoms with E-state index in [4.69, 9.17) is 11.6 Å². The van der Waals surface area contributed by atoms with Gasteiger partial charge in [0.05, 0.1) is 10.9 Å². The van der Waals surface area contributed by atoms with Gasteiger partial charge in [-0.3, -0.25) is 9.89 Å². The van der Waals surface area contributed by atoms with Gasteiger partial charge in [-0.25, -0.2) is 18.1 Å². The van der Waals surface area contributed by atoms with Crippen molar-refractivity contribution in [2.24, 2.45) is 0 Å². The van der Waals surface area contributed by atoms with Crippen molar-refractivity contribution in [3.8, 4) is 0 Å². The lowest BCUT2D eigenvalue weighted by Gasteiger charge is -2.11. The summed E-state index contributed by atoms with van der Waals surface area (Å²) in [5.41, 5.74) is -0.552. The molecule has 2 rings (SSSR count). The van der Waals surface area contributed by atoms with Crippen molar-refractivity contribution in [2.75, 3.05) is 0 Å². The summed E-state index contributed by atoms with van der Waals surface area (Å²) in [6, 6.07) is 0.480. The SMILES string of the molecule is CC(NS(=O)(=O)c1c[nH]c(=O)c(Cl)c1)c1ncn[nH]1. The van der Waals surface area contributed by atoms with Crippen LogP contribution in [0.5, 0.6) is 0 Å². The Kier molecular flexibility index (Phi) is 3.69. The van der Waals surface area contributed by atoms with Crippen molar-refractivity contribution < 1.29 is 8.42 Å². The number of rotatable bonds is 4. The summed E-state index contributed by atoms with van der Waals surface area (Å²) in [5, 5.41) is 5.99. The molecule has 0 aromatic carbocycles. The molecule has 0 bridgehead atoms. The fourth-order valence-electron chi connectivity index (χ4n) is 1.37. The van der Waals surface area contributed by atoms with E-state index in [1.165, 1.54) is 6.33 Å². The number of hydrogen-bond acceptors (Lipinski definition) is 5. The Balaban J connectivity index is 2.27. The van der Waals surface area contributed by atoms with Crippen LogP contribution in [0.2, 0.25) is 5.02 Å². The molecule has 19 heavy (non-hydrogen) atoms. The van der Waals surface area contributed by atoms with Gasteiger partial charge in [0.1, 0.15) is 17.2 Å². The van der Waals surface area contributed by atoms with Gasteiger partial charge < -0.3 is 4.98 Å². The van der Waals surface area contributed by atoms with E-state index in [2.05, 4.69) is 24.9 Å². The molecule has 0 aliphatic rings. The van der Waals surface area contributed by atoms with E-state index < -0.39 is 21.6 Å². The van der Waals surface area contributed by atoms with Crippen molar-refractivity contribution >= 4 is 21.6 Å². The number of sulfonamides is 1. The Morgan fingerprint density at radius 1 is 1.47 bits per heavy atom. The third-order valence-electron chi connectivity index (χ3n) is 2.32. The molecule has 10 heteroatoms. The molecule has 0 amide bonds. The van der Waals surface area contributed by atoms with E-state index in [1.54, 1.807) is 6.92 Å². The van der Waals surface area contributed by atoms with E-state index in [0.717, 1.165) is 12.3 Å². The Hall–Kier alpha value is -1.71. The Morgan fingerprint density at radius 2 is 2.21 bits per heavy atom. The maximum absolute atomic E-state index is 12.0. The summed E-state index contributed by atoms with van der Waals surface area (Å²) >= 11 is 5.59. The van der Waals surface area contributed by atoms with Crippen LogP contribution in [0.25, 0.3) is 0 Å². The number of H-pyrrole nitrogens is 2.